The van der Waals surface area contributed by atoms with E-state index in [1.165, 1.54) is 32.1 Å². The minimum atomic E-state index is -3.37. The van der Waals surface area contributed by atoms with E-state index in [0.29, 0.717) is 5.92 Å². The van der Waals surface area contributed by atoms with Gasteiger partial charge in [0.25, 0.3) is 0 Å². The van der Waals surface area contributed by atoms with Crippen molar-refractivity contribution < 1.29 is 8.42 Å². The van der Waals surface area contributed by atoms with E-state index in [9.17, 15) is 8.42 Å². The van der Waals surface area contributed by atoms with Crippen LogP contribution in [0.15, 0.2) is 12.2 Å². The highest BCUT2D eigenvalue weighted by atomic mass is 35.7. The highest BCUT2D eigenvalue weighted by Gasteiger charge is 2.46. The summed E-state index contributed by atoms with van der Waals surface area (Å²) in [5, 5.41) is 0. The van der Waals surface area contributed by atoms with Gasteiger partial charge in [0.15, 0.2) is 0 Å². The van der Waals surface area contributed by atoms with Crippen molar-refractivity contribution in [2.75, 3.05) is 5.75 Å². The van der Waals surface area contributed by atoms with Crippen LogP contribution in [0.5, 0.6) is 0 Å². The maximum absolute atomic E-state index is 10.9. The lowest BCUT2D eigenvalue weighted by molar-refractivity contribution is -0.0161. The van der Waals surface area contributed by atoms with Gasteiger partial charge in [-0.15, -0.1) is 0 Å². The van der Waals surface area contributed by atoms with Gasteiger partial charge in [-0.25, -0.2) is 8.42 Å². The molecule has 0 heterocycles. The van der Waals surface area contributed by atoms with E-state index in [1.54, 1.807) is 6.08 Å². The van der Waals surface area contributed by atoms with Gasteiger partial charge in [0.05, 0.1) is 5.75 Å². The number of rotatable bonds is 3. The van der Waals surface area contributed by atoms with Gasteiger partial charge in [0.2, 0.25) is 9.05 Å². The van der Waals surface area contributed by atoms with Crippen molar-refractivity contribution in [3.63, 3.8) is 0 Å². The molecule has 0 aromatic carbocycles. The standard InChI is InChI=1S/C13H19ClO2S/c14-17(15,16)3-1-2-13-11-5-9-4-10(7-11)8-12(13)6-9/h1-2,9-13H,3-8H2/b2-1+. The van der Waals surface area contributed by atoms with Gasteiger partial charge in [-0.2, -0.15) is 0 Å². The Hall–Kier alpha value is -0.0200. The van der Waals surface area contributed by atoms with Crippen LogP contribution in [0.2, 0.25) is 0 Å². The fraction of sp³-hybridized carbons (Fsp3) is 0.846. The van der Waals surface area contributed by atoms with Crippen LogP contribution in [0.1, 0.15) is 32.1 Å². The van der Waals surface area contributed by atoms with Crippen molar-refractivity contribution >= 4 is 19.7 Å². The summed E-state index contributed by atoms with van der Waals surface area (Å²) in [7, 11) is 1.86. The molecule has 0 atom stereocenters. The SMILES string of the molecule is O=S(=O)(Cl)C/C=C/C1C2CC3CC(C2)CC1C3. The molecule has 4 rings (SSSR count). The van der Waals surface area contributed by atoms with Gasteiger partial charge in [0.1, 0.15) is 0 Å². The van der Waals surface area contributed by atoms with Gasteiger partial charge in [-0.1, -0.05) is 12.2 Å². The van der Waals surface area contributed by atoms with Crippen molar-refractivity contribution in [1.82, 2.24) is 0 Å². The largest absolute Gasteiger partial charge is 0.236 e. The third-order valence-corrected chi connectivity index (χ3v) is 5.92. The van der Waals surface area contributed by atoms with Crippen LogP contribution in [-0.4, -0.2) is 14.2 Å². The summed E-state index contributed by atoms with van der Waals surface area (Å²) < 4.78 is 21.8. The van der Waals surface area contributed by atoms with Crippen LogP contribution in [0, 0.1) is 29.6 Å². The summed E-state index contributed by atoms with van der Waals surface area (Å²) >= 11 is 0. The van der Waals surface area contributed by atoms with Crippen LogP contribution in [0.4, 0.5) is 0 Å². The maximum Gasteiger partial charge on any atom is 0.236 e. The molecule has 4 bridgehead atoms. The van der Waals surface area contributed by atoms with Gasteiger partial charge < -0.3 is 0 Å². The fourth-order valence-electron chi connectivity index (χ4n) is 4.61. The van der Waals surface area contributed by atoms with Crippen LogP contribution < -0.4 is 0 Å². The Morgan fingerprint density at radius 3 is 2.00 bits per heavy atom. The van der Waals surface area contributed by atoms with Crippen molar-refractivity contribution in [2.45, 2.75) is 32.1 Å². The molecule has 17 heavy (non-hydrogen) atoms. The van der Waals surface area contributed by atoms with E-state index < -0.39 is 9.05 Å². The van der Waals surface area contributed by atoms with Gasteiger partial charge in [-0.3, -0.25) is 0 Å². The Balaban J connectivity index is 1.68. The lowest BCUT2D eigenvalue weighted by Crippen LogP contribution is -2.44. The van der Waals surface area contributed by atoms with Crippen LogP contribution >= 0.6 is 10.7 Å². The van der Waals surface area contributed by atoms with Crippen molar-refractivity contribution in [3.8, 4) is 0 Å². The monoisotopic (exact) mass is 274 g/mol. The van der Waals surface area contributed by atoms with E-state index in [-0.39, 0.29) is 5.75 Å². The summed E-state index contributed by atoms with van der Waals surface area (Å²) in [5.41, 5.74) is 0. The number of halogens is 1. The van der Waals surface area contributed by atoms with Crippen molar-refractivity contribution in [3.05, 3.63) is 12.2 Å². The zero-order valence-electron chi connectivity index (χ0n) is 9.89. The first-order chi connectivity index (χ1) is 8.01. The molecule has 4 heteroatoms. The molecule has 96 valence electrons. The molecule has 0 aromatic rings. The summed E-state index contributed by atoms with van der Waals surface area (Å²) in [6.45, 7) is 0. The molecule has 4 aliphatic rings. The number of hydrogen-bond donors (Lipinski definition) is 0. The molecular weight excluding hydrogens is 256 g/mol. The van der Waals surface area contributed by atoms with E-state index in [2.05, 4.69) is 6.08 Å². The minimum Gasteiger partial charge on any atom is -0.212 e. The second-order valence-electron chi connectivity index (χ2n) is 6.14. The minimum absolute atomic E-state index is 0.0165. The Morgan fingerprint density at radius 1 is 1.00 bits per heavy atom. The predicted octanol–water partition coefficient (Wildman–Crippen LogP) is 3.18. The average Bonchev–Trinajstić information content (AvgIpc) is 2.19. The molecule has 0 radical (unpaired) electrons. The average molecular weight is 275 g/mol. The summed E-state index contributed by atoms with van der Waals surface area (Å²) in [6, 6.07) is 0. The lowest BCUT2D eigenvalue weighted by atomic mass is 9.52. The summed E-state index contributed by atoms with van der Waals surface area (Å²) in [6.07, 6.45) is 10.9. The third kappa shape index (κ3) is 2.55. The molecule has 0 unspecified atom stereocenters. The smallest absolute Gasteiger partial charge is 0.212 e. The number of allylic oxidation sites excluding steroid dienone is 1. The first kappa shape index (κ1) is 12.0. The van der Waals surface area contributed by atoms with E-state index in [1.807, 2.05) is 0 Å². The normalized spacial score (nSPS) is 44.6. The van der Waals surface area contributed by atoms with Crippen LogP contribution in [0.3, 0.4) is 0 Å². The molecule has 0 aliphatic heterocycles. The first-order valence-corrected chi connectivity index (χ1v) is 9.08. The topological polar surface area (TPSA) is 34.1 Å². The molecule has 0 N–H and O–H groups in total. The van der Waals surface area contributed by atoms with Gasteiger partial charge in [-0.05, 0) is 61.7 Å². The Labute approximate surface area is 108 Å². The molecule has 4 aliphatic carbocycles. The zero-order chi connectivity index (χ0) is 12.0. The molecule has 0 spiro atoms. The highest BCUT2D eigenvalue weighted by Crippen LogP contribution is 2.56. The third-order valence-electron chi connectivity index (χ3n) is 4.95. The lowest BCUT2D eigenvalue weighted by Gasteiger charge is -2.53. The summed E-state index contributed by atoms with van der Waals surface area (Å²) in [5.74, 6) is 4.19. The van der Waals surface area contributed by atoms with Gasteiger partial charge in [0, 0.05) is 10.7 Å². The fourth-order valence-corrected chi connectivity index (χ4v) is 5.17. The Kier molecular flexibility index (Phi) is 3.02. The molecule has 4 fully saturated rings. The predicted molar refractivity (Wildman–Crippen MR) is 69.3 cm³/mol. The summed E-state index contributed by atoms with van der Waals surface area (Å²) in [4.78, 5) is 0. The van der Waals surface area contributed by atoms with Crippen LogP contribution in [-0.2, 0) is 9.05 Å². The molecular formula is C13H19ClO2S. The van der Waals surface area contributed by atoms with Crippen molar-refractivity contribution in [2.24, 2.45) is 29.6 Å². The van der Waals surface area contributed by atoms with Crippen LogP contribution in [0.25, 0.3) is 0 Å². The van der Waals surface area contributed by atoms with E-state index >= 15 is 0 Å². The second kappa shape index (κ2) is 4.27. The van der Waals surface area contributed by atoms with Gasteiger partial charge >= 0.3 is 0 Å². The van der Waals surface area contributed by atoms with E-state index in [0.717, 1.165) is 23.7 Å². The second-order valence-corrected chi connectivity index (χ2v) is 8.96. The first-order valence-electron chi connectivity index (χ1n) is 6.60. The molecule has 0 amide bonds. The Bertz CT molecular complexity index is 399. The Morgan fingerprint density at radius 2 is 1.53 bits per heavy atom. The number of hydrogen-bond acceptors (Lipinski definition) is 2. The maximum atomic E-state index is 10.9. The molecule has 4 saturated carbocycles. The quantitative estimate of drug-likeness (QED) is 0.585. The van der Waals surface area contributed by atoms with Crippen molar-refractivity contribution in [1.29, 1.82) is 0 Å². The highest BCUT2D eigenvalue weighted by molar-refractivity contribution is 8.13. The van der Waals surface area contributed by atoms with E-state index in [4.69, 9.17) is 10.7 Å². The zero-order valence-corrected chi connectivity index (χ0v) is 11.5. The molecule has 0 aromatic heterocycles. The molecule has 0 saturated heterocycles. The molecule has 2 nitrogen and oxygen atoms in total.